The van der Waals surface area contributed by atoms with Gasteiger partial charge in [0.25, 0.3) is 5.91 Å². The van der Waals surface area contributed by atoms with Crippen LogP contribution in [0.3, 0.4) is 0 Å². The van der Waals surface area contributed by atoms with Crippen LogP contribution in [-0.4, -0.2) is 13.0 Å². The highest BCUT2D eigenvalue weighted by Crippen LogP contribution is 2.25. The van der Waals surface area contributed by atoms with Crippen molar-refractivity contribution in [3.05, 3.63) is 78.4 Å². The topological polar surface area (TPSA) is 73.6 Å². The molecule has 3 aromatic rings. The van der Waals surface area contributed by atoms with Gasteiger partial charge in [-0.2, -0.15) is 0 Å². The molecule has 0 aromatic heterocycles. The SMILES string of the molecule is COc1cccc(Oc2ccc(C(=O)Nc3cccc(N)c3)cc2)c1. The van der Waals surface area contributed by atoms with Gasteiger partial charge in [0.15, 0.2) is 0 Å². The van der Waals surface area contributed by atoms with E-state index < -0.39 is 0 Å². The molecule has 0 aliphatic rings. The first kappa shape index (κ1) is 16.4. The van der Waals surface area contributed by atoms with Crippen LogP contribution in [0.5, 0.6) is 17.2 Å². The minimum Gasteiger partial charge on any atom is -0.497 e. The van der Waals surface area contributed by atoms with E-state index in [2.05, 4.69) is 5.32 Å². The summed E-state index contributed by atoms with van der Waals surface area (Å²) < 4.78 is 10.9. The number of carbonyl (C=O) groups excluding carboxylic acids is 1. The van der Waals surface area contributed by atoms with Crippen molar-refractivity contribution in [2.45, 2.75) is 0 Å². The minimum atomic E-state index is -0.210. The van der Waals surface area contributed by atoms with Crippen LogP contribution >= 0.6 is 0 Å². The number of amides is 1. The Balaban J connectivity index is 1.68. The second-order valence-electron chi connectivity index (χ2n) is 5.39. The van der Waals surface area contributed by atoms with Gasteiger partial charge in [0, 0.05) is 23.0 Å². The normalized spacial score (nSPS) is 10.1. The maximum absolute atomic E-state index is 12.3. The van der Waals surface area contributed by atoms with Crippen LogP contribution in [-0.2, 0) is 0 Å². The van der Waals surface area contributed by atoms with Gasteiger partial charge in [0.1, 0.15) is 17.2 Å². The van der Waals surface area contributed by atoms with E-state index in [0.29, 0.717) is 28.4 Å². The van der Waals surface area contributed by atoms with Crippen LogP contribution < -0.4 is 20.5 Å². The first-order valence-corrected chi connectivity index (χ1v) is 7.73. The summed E-state index contributed by atoms with van der Waals surface area (Å²) in [4.78, 5) is 12.3. The van der Waals surface area contributed by atoms with Gasteiger partial charge < -0.3 is 20.5 Å². The standard InChI is InChI=1S/C20H18N2O3/c1-24-18-6-3-7-19(13-18)25-17-10-8-14(9-11-17)20(23)22-16-5-2-4-15(21)12-16/h2-13H,21H2,1H3,(H,22,23). The van der Waals surface area contributed by atoms with Crippen LogP contribution in [0.15, 0.2) is 72.8 Å². The molecule has 0 saturated carbocycles. The zero-order valence-corrected chi connectivity index (χ0v) is 13.7. The molecule has 0 aliphatic heterocycles. The highest BCUT2D eigenvalue weighted by atomic mass is 16.5. The molecule has 0 bridgehead atoms. The van der Waals surface area contributed by atoms with E-state index in [1.54, 1.807) is 61.7 Å². The third-order valence-electron chi connectivity index (χ3n) is 3.54. The number of anilines is 2. The molecule has 3 aromatic carbocycles. The Hall–Kier alpha value is -3.47. The van der Waals surface area contributed by atoms with E-state index in [-0.39, 0.29) is 5.91 Å². The van der Waals surface area contributed by atoms with Crippen molar-refractivity contribution in [2.75, 3.05) is 18.2 Å². The highest BCUT2D eigenvalue weighted by molar-refractivity contribution is 6.04. The van der Waals surface area contributed by atoms with Crippen molar-refractivity contribution < 1.29 is 14.3 Å². The van der Waals surface area contributed by atoms with Gasteiger partial charge in [-0.15, -0.1) is 0 Å². The van der Waals surface area contributed by atoms with E-state index in [1.165, 1.54) is 0 Å². The summed E-state index contributed by atoms with van der Waals surface area (Å²) in [7, 11) is 1.60. The predicted molar refractivity (Wildman–Crippen MR) is 98.3 cm³/mol. The number of nitrogen functional groups attached to an aromatic ring is 1. The van der Waals surface area contributed by atoms with E-state index in [1.807, 2.05) is 18.2 Å². The fourth-order valence-electron chi connectivity index (χ4n) is 2.29. The fraction of sp³-hybridized carbons (Fsp3) is 0.0500. The highest BCUT2D eigenvalue weighted by Gasteiger charge is 2.07. The Kier molecular flexibility index (Phi) is 4.85. The van der Waals surface area contributed by atoms with Gasteiger partial charge in [-0.05, 0) is 54.6 Å². The predicted octanol–water partition coefficient (Wildman–Crippen LogP) is 4.32. The molecule has 3 rings (SSSR count). The van der Waals surface area contributed by atoms with Gasteiger partial charge in [-0.25, -0.2) is 0 Å². The first-order valence-electron chi connectivity index (χ1n) is 7.73. The van der Waals surface area contributed by atoms with Crippen molar-refractivity contribution in [1.29, 1.82) is 0 Å². The number of nitrogens with one attached hydrogen (secondary N) is 1. The molecule has 126 valence electrons. The summed E-state index contributed by atoms with van der Waals surface area (Å²) in [5, 5.41) is 2.81. The van der Waals surface area contributed by atoms with Crippen LogP contribution in [0.4, 0.5) is 11.4 Å². The Labute approximate surface area is 146 Å². The Morgan fingerprint density at radius 2 is 1.60 bits per heavy atom. The molecule has 3 N–H and O–H groups in total. The molecule has 0 radical (unpaired) electrons. The van der Waals surface area contributed by atoms with Gasteiger partial charge in [0.05, 0.1) is 7.11 Å². The quantitative estimate of drug-likeness (QED) is 0.681. The average molecular weight is 334 g/mol. The molecule has 1 amide bonds. The lowest BCUT2D eigenvalue weighted by molar-refractivity contribution is 0.102. The zero-order chi connectivity index (χ0) is 17.6. The number of hydrogen-bond donors (Lipinski definition) is 2. The number of nitrogens with two attached hydrogens (primary N) is 1. The molecule has 5 heteroatoms. The van der Waals surface area contributed by atoms with Crippen LogP contribution in [0.1, 0.15) is 10.4 Å². The summed E-state index contributed by atoms with van der Waals surface area (Å²) in [5.74, 6) is 1.80. The van der Waals surface area contributed by atoms with Crippen LogP contribution in [0.2, 0.25) is 0 Å². The Bertz CT molecular complexity index is 876. The molecule has 0 fully saturated rings. The lowest BCUT2D eigenvalue weighted by atomic mass is 10.2. The second kappa shape index (κ2) is 7.40. The third-order valence-corrected chi connectivity index (χ3v) is 3.54. The van der Waals surface area contributed by atoms with Gasteiger partial charge >= 0.3 is 0 Å². The second-order valence-corrected chi connectivity index (χ2v) is 5.39. The lowest BCUT2D eigenvalue weighted by Crippen LogP contribution is -2.11. The molecular formula is C20H18N2O3. The zero-order valence-electron chi connectivity index (χ0n) is 13.7. The van der Waals surface area contributed by atoms with Gasteiger partial charge in [0.2, 0.25) is 0 Å². The summed E-state index contributed by atoms with van der Waals surface area (Å²) >= 11 is 0. The monoisotopic (exact) mass is 334 g/mol. The first-order chi connectivity index (χ1) is 12.1. The molecule has 0 heterocycles. The van der Waals surface area contributed by atoms with Crippen molar-refractivity contribution >= 4 is 17.3 Å². The van der Waals surface area contributed by atoms with E-state index in [4.69, 9.17) is 15.2 Å². The summed E-state index contributed by atoms with van der Waals surface area (Å²) in [6.45, 7) is 0. The number of rotatable bonds is 5. The summed E-state index contributed by atoms with van der Waals surface area (Å²) in [6.07, 6.45) is 0. The van der Waals surface area contributed by atoms with Crippen LogP contribution in [0, 0.1) is 0 Å². The molecule has 0 atom stereocenters. The van der Waals surface area contributed by atoms with E-state index in [9.17, 15) is 4.79 Å². The third kappa shape index (κ3) is 4.29. The van der Waals surface area contributed by atoms with Crippen LogP contribution in [0.25, 0.3) is 0 Å². The summed E-state index contributed by atoms with van der Waals surface area (Å²) in [6, 6.07) is 21.3. The number of hydrogen-bond acceptors (Lipinski definition) is 4. The Morgan fingerprint density at radius 3 is 2.32 bits per heavy atom. The van der Waals surface area contributed by atoms with Crippen molar-refractivity contribution in [1.82, 2.24) is 0 Å². The van der Waals surface area contributed by atoms with Gasteiger partial charge in [-0.3, -0.25) is 4.79 Å². The molecule has 0 saturated heterocycles. The number of ether oxygens (including phenoxy) is 2. The molecule has 0 unspecified atom stereocenters. The number of benzene rings is 3. The maximum Gasteiger partial charge on any atom is 0.255 e. The van der Waals surface area contributed by atoms with Crippen molar-refractivity contribution in [2.24, 2.45) is 0 Å². The largest absolute Gasteiger partial charge is 0.497 e. The molecule has 0 spiro atoms. The fourth-order valence-corrected chi connectivity index (χ4v) is 2.29. The molecule has 25 heavy (non-hydrogen) atoms. The molecular weight excluding hydrogens is 316 g/mol. The van der Waals surface area contributed by atoms with Crippen molar-refractivity contribution in [3.63, 3.8) is 0 Å². The minimum absolute atomic E-state index is 0.210. The molecule has 5 nitrogen and oxygen atoms in total. The maximum atomic E-state index is 12.3. The van der Waals surface area contributed by atoms with Crippen molar-refractivity contribution in [3.8, 4) is 17.2 Å². The number of methoxy groups -OCH3 is 1. The molecule has 0 aliphatic carbocycles. The lowest BCUT2D eigenvalue weighted by Gasteiger charge is -2.09. The smallest absolute Gasteiger partial charge is 0.255 e. The number of carbonyl (C=O) groups is 1. The van der Waals surface area contributed by atoms with E-state index in [0.717, 1.165) is 5.75 Å². The average Bonchev–Trinajstić information content (AvgIpc) is 2.62. The summed E-state index contributed by atoms with van der Waals surface area (Å²) in [5.41, 5.74) is 7.49. The Morgan fingerprint density at radius 1 is 0.880 bits per heavy atom. The van der Waals surface area contributed by atoms with Gasteiger partial charge in [-0.1, -0.05) is 12.1 Å². The van der Waals surface area contributed by atoms with E-state index >= 15 is 0 Å².